The summed E-state index contributed by atoms with van der Waals surface area (Å²) in [4.78, 5) is 15.2. The van der Waals surface area contributed by atoms with Gasteiger partial charge in [-0.2, -0.15) is 0 Å². The van der Waals surface area contributed by atoms with Gasteiger partial charge in [-0.1, -0.05) is 18.2 Å². The van der Waals surface area contributed by atoms with Crippen LogP contribution >= 0.6 is 0 Å². The Hall–Kier alpha value is -1.85. The molecule has 1 aromatic heterocycles. The van der Waals surface area contributed by atoms with E-state index in [2.05, 4.69) is 28.5 Å². The zero-order chi connectivity index (χ0) is 15.9. The van der Waals surface area contributed by atoms with Crippen LogP contribution in [0.2, 0.25) is 0 Å². The summed E-state index contributed by atoms with van der Waals surface area (Å²) in [6.07, 6.45) is 3.35. The highest BCUT2D eigenvalue weighted by atomic mass is 16.5. The molecule has 0 bridgehead atoms. The number of aromatic amines is 1. The fourth-order valence-corrected chi connectivity index (χ4v) is 2.85. The molecule has 1 amide bonds. The van der Waals surface area contributed by atoms with Crippen LogP contribution in [0.25, 0.3) is 10.9 Å². The second-order valence-corrected chi connectivity index (χ2v) is 5.91. The van der Waals surface area contributed by atoms with E-state index in [0.29, 0.717) is 19.6 Å². The number of carbonyl (C=O) groups excluding carboxylic acids is 1. The minimum Gasteiger partial charge on any atom is -0.381 e. The SMILES string of the molecule is O=C(CCOC1CCOCC1)NCCc1cc2ccccc2[nH]1. The molecule has 5 nitrogen and oxygen atoms in total. The largest absolute Gasteiger partial charge is 0.381 e. The molecule has 0 atom stereocenters. The van der Waals surface area contributed by atoms with Crippen molar-refractivity contribution in [2.75, 3.05) is 26.4 Å². The molecule has 2 aromatic rings. The fraction of sp³-hybridized carbons (Fsp3) is 0.500. The van der Waals surface area contributed by atoms with Crippen molar-refractivity contribution in [2.45, 2.75) is 31.8 Å². The number of rotatable bonds is 7. The van der Waals surface area contributed by atoms with E-state index in [4.69, 9.17) is 9.47 Å². The van der Waals surface area contributed by atoms with E-state index < -0.39 is 0 Å². The molecular weight excluding hydrogens is 292 g/mol. The van der Waals surface area contributed by atoms with Gasteiger partial charge in [0.1, 0.15) is 0 Å². The predicted molar refractivity (Wildman–Crippen MR) is 89.4 cm³/mol. The summed E-state index contributed by atoms with van der Waals surface area (Å²) < 4.78 is 11.0. The summed E-state index contributed by atoms with van der Waals surface area (Å²) in [5.41, 5.74) is 2.28. The maximum atomic E-state index is 11.8. The molecule has 1 saturated heterocycles. The van der Waals surface area contributed by atoms with Gasteiger partial charge in [-0.05, 0) is 30.4 Å². The van der Waals surface area contributed by atoms with Crippen molar-refractivity contribution < 1.29 is 14.3 Å². The van der Waals surface area contributed by atoms with Crippen molar-refractivity contribution in [1.82, 2.24) is 10.3 Å². The second kappa shape index (κ2) is 8.13. The highest BCUT2D eigenvalue weighted by molar-refractivity contribution is 5.80. The topological polar surface area (TPSA) is 63.4 Å². The van der Waals surface area contributed by atoms with Gasteiger partial charge in [-0.3, -0.25) is 4.79 Å². The summed E-state index contributed by atoms with van der Waals surface area (Å²) in [6, 6.07) is 10.3. The Morgan fingerprint density at radius 2 is 2.13 bits per heavy atom. The van der Waals surface area contributed by atoms with Crippen molar-refractivity contribution in [3.05, 3.63) is 36.0 Å². The number of para-hydroxylation sites is 1. The molecule has 1 fully saturated rings. The first-order valence-corrected chi connectivity index (χ1v) is 8.34. The van der Waals surface area contributed by atoms with Crippen LogP contribution < -0.4 is 5.32 Å². The normalized spacial score (nSPS) is 15.8. The van der Waals surface area contributed by atoms with E-state index in [1.54, 1.807) is 0 Å². The molecule has 23 heavy (non-hydrogen) atoms. The molecule has 1 aromatic carbocycles. The summed E-state index contributed by atoms with van der Waals surface area (Å²) in [7, 11) is 0. The van der Waals surface area contributed by atoms with Crippen LogP contribution in [-0.4, -0.2) is 43.4 Å². The maximum absolute atomic E-state index is 11.8. The van der Waals surface area contributed by atoms with Crippen LogP contribution in [-0.2, 0) is 20.7 Å². The Morgan fingerprint density at radius 3 is 2.96 bits per heavy atom. The van der Waals surface area contributed by atoms with Crippen molar-refractivity contribution in [3.8, 4) is 0 Å². The summed E-state index contributed by atoms with van der Waals surface area (Å²) >= 11 is 0. The van der Waals surface area contributed by atoms with Crippen LogP contribution in [0, 0.1) is 0 Å². The van der Waals surface area contributed by atoms with Gasteiger partial charge >= 0.3 is 0 Å². The maximum Gasteiger partial charge on any atom is 0.222 e. The average Bonchev–Trinajstić information content (AvgIpc) is 2.98. The number of carbonyl (C=O) groups is 1. The fourth-order valence-electron chi connectivity index (χ4n) is 2.85. The van der Waals surface area contributed by atoms with Crippen LogP contribution in [0.5, 0.6) is 0 Å². The van der Waals surface area contributed by atoms with Crippen molar-refractivity contribution >= 4 is 16.8 Å². The van der Waals surface area contributed by atoms with E-state index in [1.807, 2.05) is 12.1 Å². The van der Waals surface area contributed by atoms with Gasteiger partial charge in [0.15, 0.2) is 0 Å². The number of aromatic nitrogens is 1. The smallest absolute Gasteiger partial charge is 0.222 e. The Labute approximate surface area is 136 Å². The Morgan fingerprint density at radius 1 is 1.30 bits per heavy atom. The molecule has 5 heteroatoms. The average molecular weight is 316 g/mol. The lowest BCUT2D eigenvalue weighted by atomic mass is 10.1. The molecule has 3 rings (SSSR count). The molecule has 1 aliphatic rings. The summed E-state index contributed by atoms with van der Waals surface area (Å²) in [5.74, 6) is 0.0492. The molecular formula is C18H24N2O3. The van der Waals surface area contributed by atoms with E-state index in [1.165, 1.54) is 5.39 Å². The van der Waals surface area contributed by atoms with Crippen LogP contribution in [0.3, 0.4) is 0 Å². The number of ether oxygens (including phenoxy) is 2. The zero-order valence-electron chi connectivity index (χ0n) is 13.3. The Balaban J connectivity index is 1.32. The lowest BCUT2D eigenvalue weighted by Crippen LogP contribution is -2.29. The molecule has 0 radical (unpaired) electrons. The third-order valence-corrected chi connectivity index (χ3v) is 4.15. The standard InChI is InChI=1S/C18H24N2O3/c21-18(8-12-23-16-6-10-22-11-7-16)19-9-5-15-13-14-3-1-2-4-17(14)20-15/h1-4,13,16,20H,5-12H2,(H,19,21). The van der Waals surface area contributed by atoms with E-state index >= 15 is 0 Å². The molecule has 2 heterocycles. The highest BCUT2D eigenvalue weighted by Gasteiger charge is 2.14. The van der Waals surface area contributed by atoms with Crippen molar-refractivity contribution in [2.24, 2.45) is 0 Å². The molecule has 0 aliphatic carbocycles. The molecule has 0 unspecified atom stereocenters. The van der Waals surface area contributed by atoms with Crippen molar-refractivity contribution in [3.63, 3.8) is 0 Å². The van der Waals surface area contributed by atoms with Crippen LogP contribution in [0.4, 0.5) is 0 Å². The molecule has 0 spiro atoms. The van der Waals surface area contributed by atoms with E-state index in [0.717, 1.165) is 43.7 Å². The van der Waals surface area contributed by atoms with Crippen LogP contribution in [0.1, 0.15) is 25.0 Å². The van der Waals surface area contributed by atoms with E-state index in [-0.39, 0.29) is 12.0 Å². The van der Waals surface area contributed by atoms with Gasteiger partial charge in [-0.15, -0.1) is 0 Å². The van der Waals surface area contributed by atoms with Gasteiger partial charge in [0.05, 0.1) is 12.7 Å². The number of H-pyrrole nitrogens is 1. The third-order valence-electron chi connectivity index (χ3n) is 4.15. The van der Waals surface area contributed by atoms with E-state index in [9.17, 15) is 4.79 Å². The zero-order valence-corrected chi connectivity index (χ0v) is 13.3. The van der Waals surface area contributed by atoms with Gasteiger partial charge in [-0.25, -0.2) is 0 Å². The quantitative estimate of drug-likeness (QED) is 0.824. The minimum absolute atomic E-state index is 0.0492. The summed E-state index contributed by atoms with van der Waals surface area (Å²) in [6.45, 7) is 2.66. The first kappa shape index (κ1) is 16.0. The number of fused-ring (bicyclic) bond motifs is 1. The number of nitrogens with one attached hydrogen (secondary N) is 2. The molecule has 124 valence electrons. The Kier molecular flexibility index (Phi) is 5.66. The highest BCUT2D eigenvalue weighted by Crippen LogP contribution is 2.14. The number of hydrogen-bond acceptors (Lipinski definition) is 3. The molecule has 0 saturated carbocycles. The lowest BCUT2D eigenvalue weighted by molar-refractivity contribution is -0.123. The number of hydrogen-bond donors (Lipinski definition) is 2. The number of benzene rings is 1. The predicted octanol–water partition coefficient (Wildman–Crippen LogP) is 2.41. The Bertz CT molecular complexity index is 599. The lowest BCUT2D eigenvalue weighted by Gasteiger charge is -2.22. The van der Waals surface area contributed by atoms with Gasteiger partial charge in [0.2, 0.25) is 5.91 Å². The first-order chi connectivity index (χ1) is 11.3. The number of amides is 1. The molecule has 2 N–H and O–H groups in total. The minimum atomic E-state index is 0.0492. The van der Waals surface area contributed by atoms with Gasteiger partial charge in [0.25, 0.3) is 0 Å². The third kappa shape index (κ3) is 4.81. The first-order valence-electron chi connectivity index (χ1n) is 8.34. The molecule has 1 aliphatic heterocycles. The van der Waals surface area contributed by atoms with Crippen molar-refractivity contribution in [1.29, 1.82) is 0 Å². The summed E-state index contributed by atoms with van der Waals surface area (Å²) in [5, 5.41) is 4.16. The monoisotopic (exact) mass is 316 g/mol. The van der Waals surface area contributed by atoms with Crippen LogP contribution in [0.15, 0.2) is 30.3 Å². The second-order valence-electron chi connectivity index (χ2n) is 5.91. The van der Waals surface area contributed by atoms with Gasteiger partial charge < -0.3 is 19.8 Å². The van der Waals surface area contributed by atoms with Gasteiger partial charge in [0, 0.05) is 43.8 Å².